The zero-order chi connectivity index (χ0) is 20.6. The summed E-state index contributed by atoms with van der Waals surface area (Å²) in [6.45, 7) is 8.86. The molecule has 1 heterocycles. The van der Waals surface area contributed by atoms with Crippen LogP contribution in [0.25, 0.3) is 0 Å². The van der Waals surface area contributed by atoms with Crippen LogP contribution in [0.3, 0.4) is 0 Å². The molecular weight excluding hydrogens is 366 g/mol. The lowest BCUT2D eigenvalue weighted by Crippen LogP contribution is -2.49. The third-order valence-electron chi connectivity index (χ3n) is 4.89. The first kappa shape index (κ1) is 21.0. The molecule has 1 fully saturated rings. The van der Waals surface area contributed by atoms with Crippen LogP contribution >= 0.6 is 0 Å². The fourth-order valence-electron chi connectivity index (χ4n) is 3.28. The van der Waals surface area contributed by atoms with Crippen LogP contribution in [0.2, 0.25) is 0 Å². The molecule has 0 aromatic heterocycles. The minimum absolute atomic E-state index is 0.0378. The molecular formula is C23H31N3O3. The van der Waals surface area contributed by atoms with Crippen molar-refractivity contribution in [1.29, 1.82) is 0 Å². The Kier molecular flexibility index (Phi) is 7.36. The SMILES string of the molecule is COc1cc(CN2CCN(C(=O)Nc3ccccc3)CC2)ccc1OCC(C)C. The van der Waals surface area contributed by atoms with E-state index < -0.39 is 0 Å². The van der Waals surface area contributed by atoms with E-state index >= 15 is 0 Å². The quantitative estimate of drug-likeness (QED) is 0.765. The summed E-state index contributed by atoms with van der Waals surface area (Å²) in [5.41, 5.74) is 2.01. The van der Waals surface area contributed by atoms with Crippen molar-refractivity contribution >= 4 is 11.7 Å². The predicted octanol–water partition coefficient (Wildman–Crippen LogP) is 4.08. The number of piperazine rings is 1. The molecule has 6 heteroatoms. The average molecular weight is 398 g/mol. The van der Waals surface area contributed by atoms with Crippen LogP contribution in [0.5, 0.6) is 11.5 Å². The number of carbonyl (C=O) groups excluding carboxylic acids is 1. The topological polar surface area (TPSA) is 54.0 Å². The highest BCUT2D eigenvalue weighted by Gasteiger charge is 2.21. The van der Waals surface area contributed by atoms with Gasteiger partial charge in [0.2, 0.25) is 0 Å². The molecule has 0 saturated carbocycles. The first-order valence-corrected chi connectivity index (χ1v) is 10.2. The number of hydrogen-bond donors (Lipinski definition) is 1. The molecule has 29 heavy (non-hydrogen) atoms. The molecule has 2 aromatic rings. The van der Waals surface area contributed by atoms with Crippen LogP contribution in [0, 0.1) is 5.92 Å². The highest BCUT2D eigenvalue weighted by Crippen LogP contribution is 2.29. The Morgan fingerprint density at radius 1 is 1.03 bits per heavy atom. The van der Waals surface area contributed by atoms with E-state index in [0.717, 1.165) is 36.8 Å². The Bertz CT molecular complexity index is 787. The molecule has 1 aliphatic rings. The van der Waals surface area contributed by atoms with E-state index in [0.29, 0.717) is 25.6 Å². The minimum Gasteiger partial charge on any atom is -0.493 e. The number of para-hydroxylation sites is 1. The summed E-state index contributed by atoms with van der Waals surface area (Å²) in [4.78, 5) is 16.7. The molecule has 0 aliphatic carbocycles. The fraction of sp³-hybridized carbons (Fsp3) is 0.435. The average Bonchev–Trinajstić information content (AvgIpc) is 2.73. The number of ether oxygens (including phenoxy) is 2. The molecule has 0 atom stereocenters. The fourth-order valence-corrected chi connectivity index (χ4v) is 3.28. The number of carbonyl (C=O) groups is 1. The van der Waals surface area contributed by atoms with Gasteiger partial charge in [0.15, 0.2) is 11.5 Å². The van der Waals surface area contributed by atoms with Crippen LogP contribution < -0.4 is 14.8 Å². The summed E-state index contributed by atoms with van der Waals surface area (Å²) in [5.74, 6) is 2.02. The Labute approximate surface area is 173 Å². The van der Waals surface area contributed by atoms with Gasteiger partial charge in [-0.2, -0.15) is 0 Å². The Morgan fingerprint density at radius 3 is 2.41 bits per heavy atom. The molecule has 6 nitrogen and oxygen atoms in total. The number of hydrogen-bond acceptors (Lipinski definition) is 4. The molecule has 3 rings (SSSR count). The van der Waals surface area contributed by atoms with Gasteiger partial charge in [-0.3, -0.25) is 4.90 Å². The number of anilines is 1. The summed E-state index contributed by atoms with van der Waals surface area (Å²) >= 11 is 0. The zero-order valence-corrected chi connectivity index (χ0v) is 17.6. The van der Waals surface area contributed by atoms with Gasteiger partial charge in [0.25, 0.3) is 0 Å². The van der Waals surface area contributed by atoms with Gasteiger partial charge in [-0.1, -0.05) is 38.1 Å². The minimum atomic E-state index is -0.0378. The van der Waals surface area contributed by atoms with E-state index in [1.807, 2.05) is 47.4 Å². The van der Waals surface area contributed by atoms with Crippen LogP contribution in [0.15, 0.2) is 48.5 Å². The van der Waals surface area contributed by atoms with E-state index in [2.05, 4.69) is 30.1 Å². The molecule has 2 aromatic carbocycles. The van der Waals surface area contributed by atoms with Crippen molar-refractivity contribution in [2.45, 2.75) is 20.4 Å². The molecule has 1 aliphatic heterocycles. The largest absolute Gasteiger partial charge is 0.493 e. The molecule has 1 N–H and O–H groups in total. The number of amides is 2. The predicted molar refractivity (Wildman–Crippen MR) is 116 cm³/mol. The van der Waals surface area contributed by atoms with E-state index in [9.17, 15) is 4.79 Å². The van der Waals surface area contributed by atoms with Gasteiger partial charge in [0, 0.05) is 38.4 Å². The van der Waals surface area contributed by atoms with Crippen molar-refractivity contribution < 1.29 is 14.3 Å². The number of benzene rings is 2. The lowest BCUT2D eigenvalue weighted by molar-refractivity contribution is 0.143. The number of nitrogens with one attached hydrogen (secondary N) is 1. The van der Waals surface area contributed by atoms with E-state index in [-0.39, 0.29) is 6.03 Å². The first-order valence-electron chi connectivity index (χ1n) is 10.2. The van der Waals surface area contributed by atoms with Crippen LogP contribution in [0.1, 0.15) is 19.4 Å². The monoisotopic (exact) mass is 397 g/mol. The second-order valence-corrected chi connectivity index (χ2v) is 7.75. The third-order valence-corrected chi connectivity index (χ3v) is 4.89. The first-order chi connectivity index (χ1) is 14.0. The summed E-state index contributed by atoms with van der Waals surface area (Å²) in [7, 11) is 1.67. The molecule has 1 saturated heterocycles. The molecule has 0 radical (unpaired) electrons. The smallest absolute Gasteiger partial charge is 0.321 e. The molecule has 0 bridgehead atoms. The van der Waals surface area contributed by atoms with Crippen LogP contribution in [-0.4, -0.2) is 55.7 Å². The highest BCUT2D eigenvalue weighted by atomic mass is 16.5. The van der Waals surface area contributed by atoms with Crippen LogP contribution in [-0.2, 0) is 6.54 Å². The van der Waals surface area contributed by atoms with Crippen molar-refractivity contribution in [3.8, 4) is 11.5 Å². The van der Waals surface area contributed by atoms with E-state index in [1.54, 1.807) is 7.11 Å². The number of urea groups is 1. The second-order valence-electron chi connectivity index (χ2n) is 7.75. The molecule has 156 valence electrons. The van der Waals surface area contributed by atoms with Gasteiger partial charge in [0.05, 0.1) is 13.7 Å². The molecule has 0 unspecified atom stereocenters. The van der Waals surface area contributed by atoms with E-state index in [1.165, 1.54) is 5.56 Å². The number of methoxy groups -OCH3 is 1. The van der Waals surface area contributed by atoms with Gasteiger partial charge in [-0.25, -0.2) is 4.79 Å². The van der Waals surface area contributed by atoms with Crippen LogP contribution in [0.4, 0.5) is 10.5 Å². The van der Waals surface area contributed by atoms with Crippen molar-refractivity contribution in [1.82, 2.24) is 9.80 Å². The zero-order valence-electron chi connectivity index (χ0n) is 17.6. The lowest BCUT2D eigenvalue weighted by atomic mass is 10.1. The third kappa shape index (κ3) is 6.12. The lowest BCUT2D eigenvalue weighted by Gasteiger charge is -2.34. The Balaban J connectivity index is 1.50. The van der Waals surface area contributed by atoms with Crippen molar-refractivity contribution in [3.63, 3.8) is 0 Å². The maximum absolute atomic E-state index is 12.4. The Morgan fingerprint density at radius 2 is 1.76 bits per heavy atom. The van der Waals surface area contributed by atoms with Gasteiger partial charge >= 0.3 is 6.03 Å². The van der Waals surface area contributed by atoms with Gasteiger partial charge in [0.1, 0.15) is 0 Å². The number of nitrogens with zero attached hydrogens (tertiary/aromatic N) is 2. The van der Waals surface area contributed by atoms with Gasteiger partial charge < -0.3 is 19.7 Å². The summed E-state index contributed by atoms with van der Waals surface area (Å²) in [6, 6.07) is 15.7. The van der Waals surface area contributed by atoms with E-state index in [4.69, 9.17) is 9.47 Å². The standard InChI is InChI=1S/C23H31N3O3/c1-18(2)17-29-21-10-9-19(15-22(21)28-3)16-25-11-13-26(14-12-25)23(27)24-20-7-5-4-6-8-20/h4-10,15,18H,11-14,16-17H2,1-3H3,(H,24,27). The normalized spacial score (nSPS) is 14.7. The van der Waals surface area contributed by atoms with Crippen molar-refractivity contribution in [2.75, 3.05) is 45.2 Å². The molecule has 0 spiro atoms. The highest BCUT2D eigenvalue weighted by molar-refractivity contribution is 5.89. The van der Waals surface area contributed by atoms with Crippen molar-refractivity contribution in [3.05, 3.63) is 54.1 Å². The molecule has 2 amide bonds. The summed E-state index contributed by atoms with van der Waals surface area (Å²) in [6.07, 6.45) is 0. The maximum atomic E-state index is 12.4. The Hall–Kier alpha value is -2.73. The second kappa shape index (κ2) is 10.2. The van der Waals surface area contributed by atoms with Gasteiger partial charge in [-0.05, 0) is 35.7 Å². The maximum Gasteiger partial charge on any atom is 0.321 e. The van der Waals surface area contributed by atoms with Gasteiger partial charge in [-0.15, -0.1) is 0 Å². The number of rotatable bonds is 7. The summed E-state index contributed by atoms with van der Waals surface area (Å²) < 4.78 is 11.3. The summed E-state index contributed by atoms with van der Waals surface area (Å²) in [5, 5.41) is 2.96. The van der Waals surface area contributed by atoms with Crippen molar-refractivity contribution in [2.24, 2.45) is 5.92 Å².